The number of carbonyl (C=O) groups excluding carboxylic acids is 1. The van der Waals surface area contributed by atoms with Crippen molar-refractivity contribution in [1.29, 1.82) is 0 Å². The Balaban J connectivity index is 1.32. The van der Waals surface area contributed by atoms with Crippen molar-refractivity contribution in [3.05, 3.63) is 53.1 Å². The second-order valence-corrected chi connectivity index (χ2v) is 8.47. The Kier molecular flexibility index (Phi) is 6.85. The number of aliphatic hydroxyl groups is 1. The van der Waals surface area contributed by atoms with Crippen molar-refractivity contribution < 1.29 is 38.7 Å². The molecule has 8 heteroatoms. The first-order valence-corrected chi connectivity index (χ1v) is 11.1. The molecule has 1 saturated heterocycles. The second kappa shape index (κ2) is 9.80. The van der Waals surface area contributed by atoms with Crippen LogP contribution in [-0.2, 0) is 22.4 Å². The van der Waals surface area contributed by atoms with Crippen LogP contribution in [0.4, 0.5) is 0 Å². The van der Waals surface area contributed by atoms with Crippen LogP contribution in [0.3, 0.4) is 0 Å². The molecule has 0 radical (unpaired) electrons. The number of ketones is 1. The van der Waals surface area contributed by atoms with Crippen molar-refractivity contribution in [1.82, 2.24) is 0 Å². The molecule has 2 aromatic carbocycles. The summed E-state index contributed by atoms with van der Waals surface area (Å²) in [5.74, 6) is 0.589. The van der Waals surface area contributed by atoms with Gasteiger partial charge in [-0.2, -0.15) is 0 Å². The summed E-state index contributed by atoms with van der Waals surface area (Å²) in [5.41, 5.74) is 1.00. The highest BCUT2D eigenvalue weighted by Gasteiger charge is 2.42. The van der Waals surface area contributed by atoms with Gasteiger partial charge >= 0.3 is 5.97 Å². The van der Waals surface area contributed by atoms with E-state index in [2.05, 4.69) is 0 Å². The van der Waals surface area contributed by atoms with Gasteiger partial charge in [0.05, 0.1) is 12.2 Å². The molecular weight excluding hydrogens is 428 g/mol. The minimum absolute atomic E-state index is 0.00234. The van der Waals surface area contributed by atoms with E-state index in [0.717, 1.165) is 17.5 Å². The van der Waals surface area contributed by atoms with Crippen molar-refractivity contribution in [2.75, 3.05) is 26.4 Å². The lowest BCUT2D eigenvalue weighted by Crippen LogP contribution is -2.40. The highest BCUT2D eigenvalue weighted by atomic mass is 16.5. The van der Waals surface area contributed by atoms with E-state index in [0.29, 0.717) is 48.9 Å². The Morgan fingerprint density at radius 1 is 1.12 bits per heavy atom. The van der Waals surface area contributed by atoms with Gasteiger partial charge in [0.25, 0.3) is 0 Å². The van der Waals surface area contributed by atoms with Crippen LogP contribution in [-0.4, -0.2) is 60.1 Å². The predicted octanol–water partition coefficient (Wildman–Crippen LogP) is 2.82. The highest BCUT2D eigenvalue weighted by Crippen LogP contribution is 2.34. The molecule has 0 saturated carbocycles. The number of carbonyl (C=O) groups is 2. The maximum absolute atomic E-state index is 11.9. The molecule has 0 amide bonds. The Morgan fingerprint density at radius 3 is 2.61 bits per heavy atom. The molecule has 2 aliphatic heterocycles. The molecule has 2 atom stereocenters. The van der Waals surface area contributed by atoms with Crippen LogP contribution in [0.15, 0.2) is 36.4 Å². The number of ether oxygens (including phenoxy) is 4. The minimum atomic E-state index is -1.19. The van der Waals surface area contributed by atoms with E-state index in [1.165, 1.54) is 6.92 Å². The molecular formula is C25H28O8. The maximum Gasteiger partial charge on any atom is 0.336 e. The van der Waals surface area contributed by atoms with E-state index in [1.807, 2.05) is 12.1 Å². The Morgan fingerprint density at radius 2 is 1.91 bits per heavy atom. The van der Waals surface area contributed by atoms with E-state index < -0.39 is 17.7 Å². The molecule has 176 valence electrons. The van der Waals surface area contributed by atoms with Crippen LogP contribution < -0.4 is 14.2 Å². The zero-order chi connectivity index (χ0) is 23.4. The lowest BCUT2D eigenvalue weighted by molar-refractivity contribution is -0.159. The maximum atomic E-state index is 11.9. The zero-order valence-electron chi connectivity index (χ0n) is 18.5. The average molecular weight is 456 g/mol. The summed E-state index contributed by atoms with van der Waals surface area (Å²) < 4.78 is 22.5. The van der Waals surface area contributed by atoms with Crippen molar-refractivity contribution in [2.24, 2.45) is 0 Å². The second-order valence-electron chi connectivity index (χ2n) is 8.47. The van der Waals surface area contributed by atoms with Gasteiger partial charge in [0.1, 0.15) is 36.6 Å². The predicted molar refractivity (Wildman–Crippen MR) is 118 cm³/mol. The summed E-state index contributed by atoms with van der Waals surface area (Å²) in [6.07, 6.45) is 1.26. The van der Waals surface area contributed by atoms with Crippen molar-refractivity contribution >= 4 is 11.8 Å². The fraction of sp³-hybridized carbons (Fsp3) is 0.440. The Hall–Kier alpha value is -3.10. The minimum Gasteiger partial charge on any atom is -0.492 e. The summed E-state index contributed by atoms with van der Waals surface area (Å²) >= 11 is 0. The largest absolute Gasteiger partial charge is 0.492 e. The van der Waals surface area contributed by atoms with E-state index in [-0.39, 0.29) is 25.4 Å². The van der Waals surface area contributed by atoms with Gasteiger partial charge < -0.3 is 29.2 Å². The quantitative estimate of drug-likeness (QED) is 0.525. The first-order valence-electron chi connectivity index (χ1n) is 11.1. The normalized spacial score (nSPS) is 20.1. The number of carboxylic acids is 1. The van der Waals surface area contributed by atoms with Gasteiger partial charge in [-0.3, -0.25) is 4.79 Å². The standard InChI is InChI=1S/C25H28O8/c1-16(26)22-12-21(11-18-6-9-30-23(18)22)32-15-19(27)14-31-20-5-2-4-17(10-20)13-25(24(28)29)7-3-8-33-25/h2,4-5,10-12,19,27H,3,6-9,13-15H2,1H3,(H,28,29)/t19-,25?/m1/s1. The summed E-state index contributed by atoms with van der Waals surface area (Å²) in [4.78, 5) is 23.6. The SMILES string of the molecule is CC(=O)c1cc(OC[C@H](O)COc2cccc(CC3(C(=O)O)CCCO3)c2)cc2c1OCC2. The van der Waals surface area contributed by atoms with Crippen LogP contribution in [0, 0.1) is 0 Å². The molecule has 2 aromatic rings. The van der Waals surface area contributed by atoms with Crippen molar-refractivity contribution in [3.63, 3.8) is 0 Å². The van der Waals surface area contributed by atoms with E-state index >= 15 is 0 Å². The molecule has 2 aliphatic rings. The number of aliphatic carboxylic acids is 1. The topological polar surface area (TPSA) is 112 Å². The van der Waals surface area contributed by atoms with Gasteiger partial charge in [0.15, 0.2) is 11.4 Å². The van der Waals surface area contributed by atoms with Gasteiger partial charge in [-0.05, 0) is 49.6 Å². The van der Waals surface area contributed by atoms with Crippen LogP contribution in [0.1, 0.15) is 41.3 Å². The highest BCUT2D eigenvalue weighted by molar-refractivity contribution is 5.98. The van der Waals surface area contributed by atoms with Crippen molar-refractivity contribution in [3.8, 4) is 17.2 Å². The van der Waals surface area contributed by atoms with Gasteiger partial charge in [0.2, 0.25) is 0 Å². The first kappa shape index (κ1) is 23.1. The van der Waals surface area contributed by atoms with Crippen LogP contribution in [0.25, 0.3) is 0 Å². The van der Waals surface area contributed by atoms with Gasteiger partial charge in [-0.1, -0.05) is 12.1 Å². The average Bonchev–Trinajstić information content (AvgIpc) is 3.46. The van der Waals surface area contributed by atoms with E-state index in [4.69, 9.17) is 18.9 Å². The number of fused-ring (bicyclic) bond motifs is 1. The summed E-state index contributed by atoms with van der Waals surface area (Å²) in [7, 11) is 0. The molecule has 1 fully saturated rings. The number of Topliss-reactive ketones (excluding diaryl/α,β-unsaturated/α-hetero) is 1. The third-order valence-corrected chi connectivity index (χ3v) is 5.90. The summed E-state index contributed by atoms with van der Waals surface area (Å²) in [6, 6.07) is 10.6. The number of aliphatic hydroxyl groups excluding tert-OH is 1. The van der Waals surface area contributed by atoms with E-state index in [9.17, 15) is 19.8 Å². The van der Waals surface area contributed by atoms with Crippen LogP contribution in [0.2, 0.25) is 0 Å². The molecule has 1 unspecified atom stereocenters. The monoisotopic (exact) mass is 456 g/mol. The lowest BCUT2D eigenvalue weighted by Gasteiger charge is -2.23. The Labute approximate surface area is 192 Å². The summed E-state index contributed by atoms with van der Waals surface area (Å²) in [6.45, 7) is 2.45. The molecule has 4 rings (SSSR count). The van der Waals surface area contributed by atoms with Gasteiger partial charge in [0, 0.05) is 25.0 Å². The third kappa shape index (κ3) is 5.29. The van der Waals surface area contributed by atoms with Crippen LogP contribution in [0.5, 0.6) is 17.2 Å². The molecule has 33 heavy (non-hydrogen) atoms. The fourth-order valence-electron chi connectivity index (χ4n) is 4.21. The fourth-order valence-corrected chi connectivity index (χ4v) is 4.21. The zero-order valence-corrected chi connectivity index (χ0v) is 18.5. The third-order valence-electron chi connectivity index (χ3n) is 5.90. The number of hydrogen-bond acceptors (Lipinski definition) is 7. The molecule has 0 spiro atoms. The first-order chi connectivity index (χ1) is 15.9. The van der Waals surface area contributed by atoms with Gasteiger partial charge in [-0.25, -0.2) is 4.79 Å². The number of benzene rings is 2. The molecule has 2 N–H and O–H groups in total. The number of hydrogen-bond donors (Lipinski definition) is 2. The molecule has 0 aliphatic carbocycles. The molecule has 0 aromatic heterocycles. The van der Waals surface area contributed by atoms with Gasteiger partial charge in [-0.15, -0.1) is 0 Å². The van der Waals surface area contributed by atoms with Crippen molar-refractivity contribution in [2.45, 2.75) is 44.3 Å². The number of rotatable bonds is 10. The molecule has 2 heterocycles. The Bertz CT molecular complexity index is 1030. The summed E-state index contributed by atoms with van der Waals surface area (Å²) in [5, 5.41) is 19.9. The smallest absolute Gasteiger partial charge is 0.336 e. The van der Waals surface area contributed by atoms with E-state index in [1.54, 1.807) is 24.3 Å². The lowest BCUT2D eigenvalue weighted by atomic mass is 9.91. The molecule has 8 nitrogen and oxygen atoms in total. The number of carboxylic acid groups (broad SMARTS) is 1. The van der Waals surface area contributed by atoms with Crippen LogP contribution >= 0.6 is 0 Å². The molecule has 0 bridgehead atoms.